The van der Waals surface area contributed by atoms with Gasteiger partial charge in [0.25, 0.3) is 0 Å². The van der Waals surface area contributed by atoms with Crippen LogP contribution in [-0.4, -0.2) is 51.0 Å². The molecule has 8 nitrogen and oxygen atoms in total. The average Bonchev–Trinajstić information content (AvgIpc) is 3.60. The number of aryl methyl sites for hydroxylation is 1. The van der Waals surface area contributed by atoms with Crippen LogP contribution in [0.5, 0.6) is 0 Å². The van der Waals surface area contributed by atoms with Gasteiger partial charge in [0, 0.05) is 19.7 Å². The molecule has 9 heteroatoms. The second-order valence-corrected chi connectivity index (χ2v) is 9.58. The van der Waals surface area contributed by atoms with Crippen molar-refractivity contribution in [3.63, 3.8) is 0 Å². The maximum atomic E-state index is 13.9. The Kier molecular flexibility index (Phi) is 7.74. The summed E-state index contributed by atoms with van der Waals surface area (Å²) in [5.41, 5.74) is 3.86. The molecule has 1 saturated heterocycles. The Labute approximate surface area is 220 Å². The number of halogens is 1. The van der Waals surface area contributed by atoms with Crippen LogP contribution in [-0.2, 0) is 27.4 Å². The van der Waals surface area contributed by atoms with Gasteiger partial charge in [-0.3, -0.25) is 9.59 Å². The standard InChI is InChI=1S/C29H30FN5O3/c1-20-8-10-21(11-9-20)18-34(27(36)19-35-26-7-3-2-6-25(26)32-33-35)28(22-12-14-23(30)15-13-22)29(37)31-17-24-5-4-16-38-24/h2-3,6-15,24,28H,4-5,16-19H2,1H3,(H,31,37)/t24-,28+/m1/s1. The third-order valence-corrected chi connectivity index (χ3v) is 6.77. The number of amides is 2. The summed E-state index contributed by atoms with van der Waals surface area (Å²) in [6, 6.07) is 19.9. The van der Waals surface area contributed by atoms with Gasteiger partial charge < -0.3 is 15.0 Å². The zero-order valence-corrected chi connectivity index (χ0v) is 21.2. The molecular formula is C29H30FN5O3. The first-order chi connectivity index (χ1) is 18.5. The maximum absolute atomic E-state index is 13.9. The molecule has 2 amide bonds. The zero-order valence-electron chi connectivity index (χ0n) is 21.2. The quantitative estimate of drug-likeness (QED) is 0.365. The van der Waals surface area contributed by atoms with Gasteiger partial charge >= 0.3 is 0 Å². The van der Waals surface area contributed by atoms with E-state index in [0.29, 0.717) is 24.2 Å². The van der Waals surface area contributed by atoms with Gasteiger partial charge in [0.05, 0.1) is 11.6 Å². The molecule has 1 N–H and O–H groups in total. The fourth-order valence-electron chi connectivity index (χ4n) is 4.70. The van der Waals surface area contributed by atoms with E-state index in [1.54, 1.807) is 12.1 Å². The third-order valence-electron chi connectivity index (χ3n) is 6.77. The second kappa shape index (κ2) is 11.5. The number of hydrogen-bond donors (Lipinski definition) is 1. The van der Waals surface area contributed by atoms with Crippen molar-refractivity contribution in [3.8, 4) is 0 Å². The van der Waals surface area contributed by atoms with Crippen LogP contribution < -0.4 is 5.32 Å². The lowest BCUT2D eigenvalue weighted by molar-refractivity contribution is -0.142. The van der Waals surface area contributed by atoms with Crippen LogP contribution in [0, 0.1) is 12.7 Å². The number of aromatic nitrogens is 3. The molecule has 1 fully saturated rings. The van der Waals surface area contributed by atoms with E-state index in [2.05, 4.69) is 15.6 Å². The first kappa shape index (κ1) is 25.5. The number of para-hydroxylation sites is 1. The predicted octanol–water partition coefficient (Wildman–Crippen LogP) is 3.94. The Morgan fingerprint density at radius 2 is 1.87 bits per heavy atom. The highest BCUT2D eigenvalue weighted by molar-refractivity contribution is 5.89. The minimum absolute atomic E-state index is 0.0596. The number of carbonyl (C=O) groups is 2. The molecule has 196 valence electrons. The van der Waals surface area contributed by atoms with E-state index in [4.69, 9.17) is 4.74 Å². The molecule has 0 unspecified atom stereocenters. The lowest BCUT2D eigenvalue weighted by atomic mass is 10.0. The summed E-state index contributed by atoms with van der Waals surface area (Å²) in [4.78, 5) is 29.2. The molecule has 0 aliphatic carbocycles. The predicted molar refractivity (Wildman–Crippen MR) is 140 cm³/mol. The molecule has 2 heterocycles. The second-order valence-electron chi connectivity index (χ2n) is 9.58. The van der Waals surface area contributed by atoms with E-state index < -0.39 is 11.9 Å². The summed E-state index contributed by atoms with van der Waals surface area (Å²) < 4.78 is 21.0. The first-order valence-electron chi connectivity index (χ1n) is 12.8. The summed E-state index contributed by atoms with van der Waals surface area (Å²) in [7, 11) is 0. The fraction of sp³-hybridized carbons (Fsp3) is 0.310. The Morgan fingerprint density at radius 3 is 2.61 bits per heavy atom. The molecule has 0 saturated carbocycles. The molecule has 0 radical (unpaired) electrons. The van der Waals surface area contributed by atoms with Crippen molar-refractivity contribution >= 4 is 22.8 Å². The highest BCUT2D eigenvalue weighted by atomic mass is 19.1. The van der Waals surface area contributed by atoms with Crippen molar-refractivity contribution in [2.24, 2.45) is 0 Å². The summed E-state index contributed by atoms with van der Waals surface area (Å²) in [6.45, 7) is 3.08. The van der Waals surface area contributed by atoms with Gasteiger partial charge in [-0.1, -0.05) is 59.3 Å². The van der Waals surface area contributed by atoms with Crippen LogP contribution in [0.25, 0.3) is 11.0 Å². The lowest BCUT2D eigenvalue weighted by Gasteiger charge is -2.32. The number of hydrogen-bond acceptors (Lipinski definition) is 5. The SMILES string of the molecule is Cc1ccc(CN(C(=O)Cn2nnc3ccccc32)[C@H](C(=O)NC[C@H]2CCCO2)c2ccc(F)cc2)cc1. The number of carbonyl (C=O) groups excluding carboxylic acids is 2. The molecule has 0 bridgehead atoms. The van der Waals surface area contributed by atoms with Crippen molar-refractivity contribution in [2.75, 3.05) is 13.2 Å². The van der Waals surface area contributed by atoms with Crippen LogP contribution in [0.1, 0.15) is 35.6 Å². The number of rotatable bonds is 9. The monoisotopic (exact) mass is 515 g/mol. The molecule has 38 heavy (non-hydrogen) atoms. The summed E-state index contributed by atoms with van der Waals surface area (Å²) in [5, 5.41) is 11.3. The summed E-state index contributed by atoms with van der Waals surface area (Å²) >= 11 is 0. The smallest absolute Gasteiger partial charge is 0.247 e. The van der Waals surface area contributed by atoms with Crippen LogP contribution in [0.15, 0.2) is 72.8 Å². The minimum atomic E-state index is -0.986. The first-order valence-corrected chi connectivity index (χ1v) is 12.8. The van der Waals surface area contributed by atoms with Gasteiger partial charge in [0.15, 0.2) is 0 Å². The van der Waals surface area contributed by atoms with Gasteiger partial charge in [-0.2, -0.15) is 0 Å². The van der Waals surface area contributed by atoms with Gasteiger partial charge in [-0.05, 0) is 55.2 Å². The van der Waals surface area contributed by atoms with E-state index in [9.17, 15) is 14.0 Å². The van der Waals surface area contributed by atoms with Crippen LogP contribution in [0.2, 0.25) is 0 Å². The average molecular weight is 516 g/mol. The number of nitrogens with one attached hydrogen (secondary N) is 1. The highest BCUT2D eigenvalue weighted by Gasteiger charge is 2.33. The van der Waals surface area contributed by atoms with Gasteiger partial charge in [-0.15, -0.1) is 5.10 Å². The number of fused-ring (bicyclic) bond motifs is 1. The molecule has 0 spiro atoms. The summed E-state index contributed by atoms with van der Waals surface area (Å²) in [6.07, 6.45) is 1.76. The number of benzene rings is 3. The van der Waals surface area contributed by atoms with E-state index in [1.165, 1.54) is 21.7 Å². The van der Waals surface area contributed by atoms with Gasteiger partial charge in [0.2, 0.25) is 11.8 Å². The Balaban J connectivity index is 1.49. The molecule has 1 aliphatic heterocycles. The maximum Gasteiger partial charge on any atom is 0.247 e. The lowest BCUT2D eigenvalue weighted by Crippen LogP contribution is -2.46. The summed E-state index contributed by atoms with van der Waals surface area (Å²) in [5.74, 6) is -1.09. The van der Waals surface area contributed by atoms with Crippen molar-refractivity contribution in [1.82, 2.24) is 25.2 Å². The third kappa shape index (κ3) is 5.89. The molecule has 4 aromatic rings. The van der Waals surface area contributed by atoms with E-state index >= 15 is 0 Å². The normalized spacial score (nSPS) is 15.9. The fourth-order valence-corrected chi connectivity index (χ4v) is 4.70. The van der Waals surface area contributed by atoms with E-state index in [0.717, 1.165) is 29.5 Å². The minimum Gasteiger partial charge on any atom is -0.376 e. The molecule has 1 aliphatic rings. The highest BCUT2D eigenvalue weighted by Crippen LogP contribution is 2.26. The van der Waals surface area contributed by atoms with Gasteiger partial charge in [-0.25, -0.2) is 9.07 Å². The largest absolute Gasteiger partial charge is 0.376 e. The van der Waals surface area contributed by atoms with Crippen LogP contribution in [0.4, 0.5) is 4.39 Å². The van der Waals surface area contributed by atoms with Crippen molar-refractivity contribution in [2.45, 2.75) is 45.0 Å². The van der Waals surface area contributed by atoms with Crippen LogP contribution in [0.3, 0.4) is 0 Å². The molecular weight excluding hydrogens is 485 g/mol. The van der Waals surface area contributed by atoms with Crippen LogP contribution >= 0.6 is 0 Å². The van der Waals surface area contributed by atoms with Crippen molar-refractivity contribution in [1.29, 1.82) is 0 Å². The molecule has 2 atom stereocenters. The van der Waals surface area contributed by atoms with Gasteiger partial charge in [0.1, 0.15) is 23.9 Å². The number of nitrogens with zero attached hydrogens (tertiary/aromatic N) is 4. The Hall–Kier alpha value is -4.11. The number of ether oxygens (including phenoxy) is 1. The molecule has 5 rings (SSSR count). The Bertz CT molecular complexity index is 1400. The molecule has 1 aromatic heterocycles. The topological polar surface area (TPSA) is 89.4 Å². The van der Waals surface area contributed by atoms with E-state index in [-0.39, 0.29) is 31.0 Å². The Morgan fingerprint density at radius 1 is 1.11 bits per heavy atom. The van der Waals surface area contributed by atoms with Crippen molar-refractivity contribution < 1.29 is 18.7 Å². The van der Waals surface area contributed by atoms with Crippen molar-refractivity contribution in [3.05, 3.63) is 95.3 Å². The van der Waals surface area contributed by atoms with E-state index in [1.807, 2.05) is 55.5 Å². The zero-order chi connectivity index (χ0) is 26.5. The molecule has 3 aromatic carbocycles.